The van der Waals surface area contributed by atoms with E-state index in [1.165, 1.54) is 5.01 Å². The van der Waals surface area contributed by atoms with Crippen molar-refractivity contribution >= 4 is 27.3 Å². The van der Waals surface area contributed by atoms with Gasteiger partial charge in [-0.3, -0.25) is 9.52 Å². The molecular weight excluding hydrogens is 416 g/mol. The van der Waals surface area contributed by atoms with Gasteiger partial charge in [-0.15, -0.1) is 0 Å². The lowest BCUT2D eigenvalue weighted by molar-refractivity contribution is 0.0693. The molecule has 0 radical (unpaired) electrons. The maximum absolute atomic E-state index is 13.2. The molecule has 1 N–H and O–H groups in total. The first-order chi connectivity index (χ1) is 14.8. The second kappa shape index (κ2) is 8.08. The predicted molar refractivity (Wildman–Crippen MR) is 115 cm³/mol. The lowest BCUT2D eigenvalue weighted by atomic mass is 10.0. The Kier molecular flexibility index (Phi) is 5.31. The van der Waals surface area contributed by atoms with Crippen LogP contribution in [0.5, 0.6) is 0 Å². The van der Waals surface area contributed by atoms with Crippen LogP contribution in [0.3, 0.4) is 0 Å². The van der Waals surface area contributed by atoms with Gasteiger partial charge in [-0.05, 0) is 54.1 Å². The number of hydrogen-bond donors (Lipinski definition) is 1. The third-order valence-electron chi connectivity index (χ3n) is 4.77. The molecule has 3 aromatic rings. The topological polar surface area (TPSA) is 116 Å². The summed E-state index contributed by atoms with van der Waals surface area (Å²) in [6.07, 6.45) is 3.07. The number of carbonyl (C=O) groups is 1. The van der Waals surface area contributed by atoms with Crippen LogP contribution in [0.15, 0.2) is 76.4 Å². The molecule has 9 heteroatoms. The molecule has 31 heavy (non-hydrogen) atoms. The Labute approximate surface area is 179 Å². The highest BCUT2D eigenvalue weighted by atomic mass is 32.2. The van der Waals surface area contributed by atoms with Crippen LogP contribution in [-0.4, -0.2) is 31.3 Å². The quantitative estimate of drug-likeness (QED) is 0.660. The van der Waals surface area contributed by atoms with Gasteiger partial charge < -0.3 is 4.42 Å². The maximum atomic E-state index is 13.2. The van der Waals surface area contributed by atoms with Crippen molar-refractivity contribution in [2.24, 2.45) is 5.10 Å². The fourth-order valence-corrected chi connectivity index (χ4v) is 3.90. The highest BCUT2D eigenvalue weighted by Gasteiger charge is 2.35. The highest BCUT2D eigenvalue weighted by Crippen LogP contribution is 2.34. The molecule has 1 atom stereocenters. The van der Waals surface area contributed by atoms with Crippen molar-refractivity contribution in [1.82, 2.24) is 5.01 Å². The van der Waals surface area contributed by atoms with E-state index < -0.39 is 16.1 Å². The second-order valence-corrected chi connectivity index (χ2v) is 8.82. The fourth-order valence-electron chi connectivity index (χ4n) is 3.34. The SMILES string of the molecule is CS(=O)(=O)Nc1ccc(C2=NN(C(=O)c3ccc(C#N)cc3)C(c3ccco3)C2)cc1. The minimum absolute atomic E-state index is 0.309. The van der Waals surface area contributed by atoms with E-state index in [2.05, 4.69) is 9.82 Å². The monoisotopic (exact) mass is 434 g/mol. The first-order valence-corrected chi connectivity index (χ1v) is 11.3. The minimum Gasteiger partial charge on any atom is -0.467 e. The summed E-state index contributed by atoms with van der Waals surface area (Å²) in [7, 11) is -3.37. The minimum atomic E-state index is -3.37. The summed E-state index contributed by atoms with van der Waals surface area (Å²) < 4.78 is 30.8. The zero-order chi connectivity index (χ0) is 22.0. The average Bonchev–Trinajstić information content (AvgIpc) is 3.42. The van der Waals surface area contributed by atoms with Gasteiger partial charge in [-0.1, -0.05) is 12.1 Å². The van der Waals surface area contributed by atoms with Crippen molar-refractivity contribution in [3.8, 4) is 6.07 Å². The molecule has 1 aliphatic heterocycles. The van der Waals surface area contributed by atoms with Gasteiger partial charge in [0.15, 0.2) is 0 Å². The molecule has 1 aromatic heterocycles. The fraction of sp³-hybridized carbons (Fsp3) is 0.136. The standard InChI is InChI=1S/C22H18N4O4S/c1-31(28,29)25-18-10-8-16(9-11-18)19-13-20(21-3-2-12-30-21)26(24-19)22(27)17-6-4-15(14-23)5-7-17/h2-12,20,25H,13H2,1H3. The average molecular weight is 434 g/mol. The number of nitriles is 1. The maximum Gasteiger partial charge on any atom is 0.274 e. The summed E-state index contributed by atoms with van der Waals surface area (Å²) in [5.74, 6) is 0.298. The Morgan fingerprint density at radius 1 is 1.16 bits per heavy atom. The van der Waals surface area contributed by atoms with Crippen LogP contribution in [-0.2, 0) is 10.0 Å². The number of nitrogens with one attached hydrogen (secondary N) is 1. The van der Waals surface area contributed by atoms with Crippen molar-refractivity contribution in [2.75, 3.05) is 11.0 Å². The number of furan rings is 1. The first kappa shape index (κ1) is 20.4. The van der Waals surface area contributed by atoms with Crippen LogP contribution >= 0.6 is 0 Å². The van der Waals surface area contributed by atoms with E-state index in [0.29, 0.717) is 34.7 Å². The van der Waals surface area contributed by atoms with Gasteiger partial charge in [0.05, 0.1) is 29.9 Å². The summed E-state index contributed by atoms with van der Waals surface area (Å²) in [6.45, 7) is 0. The van der Waals surface area contributed by atoms with Gasteiger partial charge in [-0.25, -0.2) is 13.4 Å². The summed E-state index contributed by atoms with van der Waals surface area (Å²) in [6, 6.07) is 18.3. The molecule has 2 aromatic carbocycles. The number of rotatable bonds is 5. The van der Waals surface area contributed by atoms with Gasteiger partial charge in [0, 0.05) is 17.7 Å². The van der Waals surface area contributed by atoms with E-state index in [9.17, 15) is 13.2 Å². The van der Waals surface area contributed by atoms with E-state index in [1.807, 2.05) is 6.07 Å². The zero-order valence-corrected chi connectivity index (χ0v) is 17.3. The lowest BCUT2D eigenvalue weighted by Crippen LogP contribution is -2.26. The molecule has 1 aliphatic rings. The molecular formula is C22H18N4O4S. The Morgan fingerprint density at radius 3 is 2.45 bits per heavy atom. The van der Waals surface area contributed by atoms with Gasteiger partial charge in [-0.2, -0.15) is 10.4 Å². The molecule has 156 valence electrons. The van der Waals surface area contributed by atoms with Crippen LogP contribution in [0.2, 0.25) is 0 Å². The Hall–Kier alpha value is -3.90. The Bertz CT molecular complexity index is 1270. The van der Waals surface area contributed by atoms with E-state index >= 15 is 0 Å². The molecule has 8 nitrogen and oxygen atoms in total. The highest BCUT2D eigenvalue weighted by molar-refractivity contribution is 7.92. The summed E-state index contributed by atoms with van der Waals surface area (Å²) >= 11 is 0. The number of sulfonamides is 1. The molecule has 0 saturated heterocycles. The molecule has 4 rings (SSSR count). The van der Waals surface area contributed by atoms with Gasteiger partial charge in [0.1, 0.15) is 11.8 Å². The molecule has 1 unspecified atom stereocenters. The second-order valence-electron chi connectivity index (χ2n) is 7.07. The normalized spacial score (nSPS) is 15.9. The largest absolute Gasteiger partial charge is 0.467 e. The van der Waals surface area contributed by atoms with Gasteiger partial charge in [0.2, 0.25) is 10.0 Å². The molecule has 1 amide bonds. The van der Waals surface area contributed by atoms with E-state index in [4.69, 9.17) is 9.68 Å². The molecule has 0 fully saturated rings. The number of carbonyl (C=O) groups excluding carboxylic acids is 1. The van der Waals surface area contributed by atoms with Crippen molar-refractivity contribution in [2.45, 2.75) is 12.5 Å². The van der Waals surface area contributed by atoms with Crippen LogP contribution in [0.1, 0.15) is 39.7 Å². The summed E-state index contributed by atoms with van der Waals surface area (Å²) in [4.78, 5) is 13.2. The predicted octanol–water partition coefficient (Wildman–Crippen LogP) is 3.51. The van der Waals surface area contributed by atoms with Gasteiger partial charge >= 0.3 is 0 Å². The Morgan fingerprint density at radius 2 is 1.87 bits per heavy atom. The molecule has 0 saturated carbocycles. The number of benzene rings is 2. The molecule has 0 bridgehead atoms. The number of hydrazone groups is 1. The zero-order valence-electron chi connectivity index (χ0n) is 16.5. The lowest BCUT2D eigenvalue weighted by Gasteiger charge is -2.19. The first-order valence-electron chi connectivity index (χ1n) is 9.37. The van der Waals surface area contributed by atoms with E-state index in [1.54, 1.807) is 66.9 Å². The van der Waals surface area contributed by atoms with E-state index in [-0.39, 0.29) is 5.91 Å². The molecule has 0 aliphatic carbocycles. The van der Waals surface area contributed by atoms with Gasteiger partial charge in [0.25, 0.3) is 5.91 Å². The summed E-state index contributed by atoms with van der Waals surface area (Å²) in [5.41, 5.74) is 2.76. The van der Waals surface area contributed by atoms with Crippen LogP contribution in [0, 0.1) is 11.3 Å². The number of hydrogen-bond acceptors (Lipinski definition) is 6. The van der Waals surface area contributed by atoms with E-state index in [0.717, 1.165) is 11.8 Å². The van der Waals surface area contributed by atoms with Crippen LogP contribution < -0.4 is 4.72 Å². The van der Waals surface area contributed by atoms with Crippen molar-refractivity contribution in [1.29, 1.82) is 5.26 Å². The molecule has 2 heterocycles. The molecule has 0 spiro atoms. The third-order valence-corrected chi connectivity index (χ3v) is 5.38. The van der Waals surface area contributed by atoms with Crippen molar-refractivity contribution in [3.05, 3.63) is 89.4 Å². The van der Waals surface area contributed by atoms with Crippen LogP contribution in [0.4, 0.5) is 5.69 Å². The summed E-state index contributed by atoms with van der Waals surface area (Å²) in [5, 5.41) is 14.9. The number of nitrogens with zero attached hydrogens (tertiary/aromatic N) is 3. The van der Waals surface area contributed by atoms with Crippen molar-refractivity contribution in [3.63, 3.8) is 0 Å². The number of anilines is 1. The number of amides is 1. The Balaban J connectivity index is 1.64. The van der Waals surface area contributed by atoms with Crippen molar-refractivity contribution < 1.29 is 17.6 Å². The van der Waals surface area contributed by atoms with Crippen LogP contribution in [0.25, 0.3) is 0 Å². The third kappa shape index (κ3) is 4.49. The smallest absolute Gasteiger partial charge is 0.274 e.